The van der Waals surface area contributed by atoms with Gasteiger partial charge in [0, 0.05) is 11.1 Å². The maximum atomic E-state index is 12.3. The molecule has 0 aliphatic heterocycles. The maximum absolute atomic E-state index is 12.3. The quantitative estimate of drug-likeness (QED) is 0.519. The summed E-state index contributed by atoms with van der Waals surface area (Å²) in [6.45, 7) is -2.91. The standard InChI is InChI=1S/C19H18F2O5/c1-23-16-11-7-13(17(24-2)18(16)25-3)6-10-15(22)12-4-8-14(9-5-12)26-19(20)21/h4-11,19H,1-3H3/b10-6+. The summed E-state index contributed by atoms with van der Waals surface area (Å²) in [7, 11) is 4.48. The number of allylic oxidation sites excluding steroid dienone is 1. The summed E-state index contributed by atoms with van der Waals surface area (Å²) in [5, 5.41) is 0. The Morgan fingerprint density at radius 1 is 0.923 bits per heavy atom. The fourth-order valence-corrected chi connectivity index (χ4v) is 2.32. The van der Waals surface area contributed by atoms with Crippen LogP contribution in [-0.4, -0.2) is 33.7 Å². The van der Waals surface area contributed by atoms with Crippen molar-refractivity contribution in [3.8, 4) is 23.0 Å². The highest BCUT2D eigenvalue weighted by molar-refractivity contribution is 6.07. The predicted octanol–water partition coefficient (Wildman–Crippen LogP) is 4.21. The van der Waals surface area contributed by atoms with E-state index in [1.165, 1.54) is 51.7 Å². The zero-order valence-electron chi connectivity index (χ0n) is 14.5. The van der Waals surface area contributed by atoms with Crippen LogP contribution in [-0.2, 0) is 0 Å². The topological polar surface area (TPSA) is 54.0 Å². The Labute approximate surface area is 149 Å². The van der Waals surface area contributed by atoms with Gasteiger partial charge in [0.15, 0.2) is 17.3 Å². The molecule has 7 heteroatoms. The first-order chi connectivity index (χ1) is 12.5. The second-order valence-electron chi connectivity index (χ2n) is 5.02. The van der Waals surface area contributed by atoms with Gasteiger partial charge in [-0.2, -0.15) is 8.78 Å². The van der Waals surface area contributed by atoms with Crippen LogP contribution in [0.3, 0.4) is 0 Å². The maximum Gasteiger partial charge on any atom is 0.387 e. The lowest BCUT2D eigenvalue weighted by Gasteiger charge is -2.13. The van der Waals surface area contributed by atoms with Crippen molar-refractivity contribution in [1.29, 1.82) is 0 Å². The third kappa shape index (κ3) is 4.50. The van der Waals surface area contributed by atoms with Gasteiger partial charge in [0.05, 0.1) is 21.3 Å². The first-order valence-electron chi connectivity index (χ1n) is 7.56. The van der Waals surface area contributed by atoms with Crippen LogP contribution in [0, 0.1) is 0 Å². The highest BCUT2D eigenvalue weighted by Crippen LogP contribution is 2.40. The number of hydrogen-bond acceptors (Lipinski definition) is 5. The van der Waals surface area contributed by atoms with Gasteiger partial charge in [-0.25, -0.2) is 0 Å². The second kappa shape index (κ2) is 8.84. The number of methoxy groups -OCH3 is 3. The molecule has 0 radical (unpaired) electrons. The van der Waals surface area contributed by atoms with Crippen molar-refractivity contribution in [3.05, 3.63) is 53.6 Å². The minimum absolute atomic E-state index is 0.0120. The lowest BCUT2D eigenvalue weighted by Crippen LogP contribution is -2.02. The van der Waals surface area contributed by atoms with Crippen LogP contribution in [0.4, 0.5) is 8.78 Å². The van der Waals surface area contributed by atoms with E-state index in [4.69, 9.17) is 14.2 Å². The van der Waals surface area contributed by atoms with Crippen molar-refractivity contribution in [2.75, 3.05) is 21.3 Å². The van der Waals surface area contributed by atoms with Crippen molar-refractivity contribution in [3.63, 3.8) is 0 Å². The molecule has 2 aromatic carbocycles. The molecule has 0 saturated carbocycles. The number of rotatable bonds is 8. The van der Waals surface area contributed by atoms with Crippen molar-refractivity contribution in [2.24, 2.45) is 0 Å². The summed E-state index contributed by atoms with van der Waals surface area (Å²) in [4.78, 5) is 12.3. The normalized spacial score (nSPS) is 10.8. The van der Waals surface area contributed by atoms with Gasteiger partial charge in [0.1, 0.15) is 5.75 Å². The van der Waals surface area contributed by atoms with E-state index in [2.05, 4.69) is 4.74 Å². The summed E-state index contributed by atoms with van der Waals surface area (Å²) >= 11 is 0. The summed E-state index contributed by atoms with van der Waals surface area (Å²) < 4.78 is 44.4. The molecular weight excluding hydrogens is 346 g/mol. The monoisotopic (exact) mass is 364 g/mol. The Morgan fingerprint density at radius 2 is 1.58 bits per heavy atom. The van der Waals surface area contributed by atoms with Gasteiger partial charge in [0.2, 0.25) is 5.75 Å². The van der Waals surface area contributed by atoms with Crippen LogP contribution in [0.25, 0.3) is 6.08 Å². The number of carbonyl (C=O) groups is 1. The second-order valence-corrected chi connectivity index (χ2v) is 5.02. The number of ether oxygens (including phenoxy) is 4. The lowest BCUT2D eigenvalue weighted by molar-refractivity contribution is -0.0498. The number of alkyl halides is 2. The number of carbonyl (C=O) groups excluding carboxylic acids is 1. The van der Waals surface area contributed by atoms with Crippen LogP contribution >= 0.6 is 0 Å². The zero-order chi connectivity index (χ0) is 19.1. The predicted molar refractivity (Wildman–Crippen MR) is 92.5 cm³/mol. The van der Waals surface area contributed by atoms with E-state index < -0.39 is 6.61 Å². The van der Waals surface area contributed by atoms with Crippen LogP contribution < -0.4 is 18.9 Å². The largest absolute Gasteiger partial charge is 0.493 e. The molecular formula is C19H18F2O5. The molecule has 0 aliphatic carbocycles. The molecule has 0 aliphatic rings. The minimum atomic E-state index is -2.91. The van der Waals surface area contributed by atoms with E-state index in [0.29, 0.717) is 28.4 Å². The van der Waals surface area contributed by atoms with Crippen LogP contribution in [0.1, 0.15) is 15.9 Å². The number of ketones is 1. The molecule has 2 aromatic rings. The summed E-state index contributed by atoms with van der Waals surface area (Å²) in [5.41, 5.74) is 0.957. The first kappa shape index (κ1) is 19.2. The molecule has 0 heterocycles. The van der Waals surface area contributed by atoms with Crippen molar-refractivity contribution >= 4 is 11.9 Å². The molecule has 0 N–H and O–H groups in total. The highest BCUT2D eigenvalue weighted by atomic mass is 19.3. The van der Waals surface area contributed by atoms with Gasteiger partial charge < -0.3 is 18.9 Å². The van der Waals surface area contributed by atoms with Gasteiger partial charge in [-0.1, -0.05) is 0 Å². The Bertz CT molecular complexity index is 785. The Balaban J connectivity index is 2.22. The first-order valence-corrected chi connectivity index (χ1v) is 7.56. The van der Waals surface area contributed by atoms with E-state index in [-0.39, 0.29) is 11.5 Å². The molecule has 0 aromatic heterocycles. The van der Waals surface area contributed by atoms with Crippen LogP contribution in [0.2, 0.25) is 0 Å². The summed E-state index contributed by atoms with van der Waals surface area (Å²) in [6, 6.07) is 8.87. The molecule has 0 unspecified atom stereocenters. The van der Waals surface area contributed by atoms with Gasteiger partial charge in [-0.3, -0.25) is 4.79 Å². The molecule has 0 atom stereocenters. The molecule has 0 fully saturated rings. The summed E-state index contributed by atoms with van der Waals surface area (Å²) in [5.74, 6) is 1.03. The van der Waals surface area contributed by atoms with Crippen LogP contribution in [0.15, 0.2) is 42.5 Å². The number of halogens is 2. The third-order valence-corrected chi connectivity index (χ3v) is 3.51. The molecule has 0 spiro atoms. The molecule has 138 valence electrons. The van der Waals surface area contributed by atoms with Crippen molar-refractivity contribution in [2.45, 2.75) is 6.61 Å². The van der Waals surface area contributed by atoms with E-state index in [0.717, 1.165) is 0 Å². The number of hydrogen-bond donors (Lipinski definition) is 0. The van der Waals surface area contributed by atoms with E-state index in [9.17, 15) is 13.6 Å². The Morgan fingerprint density at radius 3 is 2.12 bits per heavy atom. The van der Waals surface area contributed by atoms with Gasteiger partial charge >= 0.3 is 6.61 Å². The van der Waals surface area contributed by atoms with E-state index >= 15 is 0 Å². The van der Waals surface area contributed by atoms with E-state index in [1.54, 1.807) is 18.2 Å². The molecule has 0 saturated heterocycles. The average molecular weight is 364 g/mol. The summed E-state index contributed by atoms with van der Waals surface area (Å²) in [6.07, 6.45) is 2.93. The Kier molecular flexibility index (Phi) is 6.54. The minimum Gasteiger partial charge on any atom is -0.493 e. The highest BCUT2D eigenvalue weighted by Gasteiger charge is 2.14. The average Bonchev–Trinajstić information content (AvgIpc) is 2.65. The SMILES string of the molecule is COc1ccc(/C=C/C(=O)c2ccc(OC(F)F)cc2)c(OC)c1OC. The smallest absolute Gasteiger partial charge is 0.387 e. The molecule has 0 bridgehead atoms. The van der Waals surface area contributed by atoms with Gasteiger partial charge in [0.25, 0.3) is 0 Å². The van der Waals surface area contributed by atoms with Crippen molar-refractivity contribution < 1.29 is 32.5 Å². The molecule has 26 heavy (non-hydrogen) atoms. The fraction of sp³-hybridized carbons (Fsp3) is 0.211. The third-order valence-electron chi connectivity index (χ3n) is 3.51. The van der Waals surface area contributed by atoms with Crippen molar-refractivity contribution in [1.82, 2.24) is 0 Å². The fourth-order valence-electron chi connectivity index (χ4n) is 2.32. The van der Waals surface area contributed by atoms with Gasteiger partial charge in [-0.15, -0.1) is 0 Å². The number of benzene rings is 2. The zero-order valence-corrected chi connectivity index (χ0v) is 14.5. The van der Waals surface area contributed by atoms with E-state index in [1.807, 2.05) is 0 Å². The molecule has 2 rings (SSSR count). The molecule has 5 nitrogen and oxygen atoms in total. The van der Waals surface area contributed by atoms with Gasteiger partial charge in [-0.05, 0) is 48.6 Å². The molecule has 0 amide bonds. The lowest BCUT2D eigenvalue weighted by atomic mass is 10.1. The van der Waals surface area contributed by atoms with Crippen LogP contribution in [0.5, 0.6) is 23.0 Å². The Hall–Kier alpha value is -3.09.